The summed E-state index contributed by atoms with van der Waals surface area (Å²) in [7, 11) is 0. The molecule has 1 saturated heterocycles. The molecule has 2 heterocycles. The van der Waals surface area contributed by atoms with Gasteiger partial charge in [0.1, 0.15) is 5.60 Å². The first kappa shape index (κ1) is 19.0. The Balaban J connectivity index is 1.85. The van der Waals surface area contributed by atoms with Gasteiger partial charge in [0.25, 0.3) is 0 Å². The molecule has 0 radical (unpaired) electrons. The highest BCUT2D eigenvalue weighted by atomic mass is 16.6. The number of benzene rings is 1. The molecule has 0 spiro atoms. The van der Waals surface area contributed by atoms with Gasteiger partial charge in [-0.2, -0.15) is 5.26 Å². The number of carbonyl (C=O) groups excluding carboxylic acids is 1. The lowest BCUT2D eigenvalue weighted by Gasteiger charge is -2.27. The molecule has 1 aliphatic heterocycles. The third kappa shape index (κ3) is 4.16. The largest absolute Gasteiger partial charge is 0.444 e. The van der Waals surface area contributed by atoms with Crippen molar-refractivity contribution in [3.8, 4) is 6.07 Å². The molecule has 0 unspecified atom stereocenters. The minimum Gasteiger partial charge on any atom is -0.444 e. The highest BCUT2D eigenvalue weighted by Gasteiger charge is 2.30. The zero-order valence-corrected chi connectivity index (χ0v) is 16.5. The molecule has 0 N–H and O–H groups in total. The molecule has 2 aromatic rings. The predicted octanol–water partition coefficient (Wildman–Crippen LogP) is 4.95. The number of nitrogens with zero attached hydrogens (tertiary/aromatic N) is 3. The van der Waals surface area contributed by atoms with Crippen molar-refractivity contribution >= 4 is 23.1 Å². The molecule has 1 aliphatic rings. The van der Waals surface area contributed by atoms with Gasteiger partial charge in [-0.25, -0.2) is 4.79 Å². The van der Waals surface area contributed by atoms with E-state index in [1.165, 1.54) is 0 Å². The second kappa shape index (κ2) is 7.48. The fourth-order valence-corrected chi connectivity index (χ4v) is 3.59. The summed E-state index contributed by atoms with van der Waals surface area (Å²) in [5.74, 6) is 0. The molecule has 27 heavy (non-hydrogen) atoms. The van der Waals surface area contributed by atoms with Crippen molar-refractivity contribution in [1.29, 1.82) is 5.26 Å². The summed E-state index contributed by atoms with van der Waals surface area (Å²) in [5.41, 5.74) is 2.32. The standard InChI is InChI=1S/C22H27N3O2/c1-5-24-19(14-17-9-8-16(15-23)13-20(17)24)11-10-18-7-6-12-25(18)21(26)27-22(2,3)4/h8-11,13-14,18H,5-7,12H2,1-4H3/t18-/m0/s1. The highest BCUT2D eigenvalue weighted by Crippen LogP contribution is 2.25. The number of ether oxygens (including phenoxy) is 1. The molecule has 1 atom stereocenters. The van der Waals surface area contributed by atoms with Crippen molar-refractivity contribution in [2.45, 2.75) is 58.7 Å². The monoisotopic (exact) mass is 365 g/mol. The maximum Gasteiger partial charge on any atom is 0.410 e. The lowest BCUT2D eigenvalue weighted by molar-refractivity contribution is 0.0256. The van der Waals surface area contributed by atoms with Crippen molar-refractivity contribution in [1.82, 2.24) is 9.47 Å². The summed E-state index contributed by atoms with van der Waals surface area (Å²) in [6.45, 7) is 9.31. The Morgan fingerprint density at radius 3 is 2.81 bits per heavy atom. The average molecular weight is 365 g/mol. The maximum absolute atomic E-state index is 12.5. The third-order valence-electron chi connectivity index (χ3n) is 4.80. The fourth-order valence-electron chi connectivity index (χ4n) is 3.59. The molecule has 0 bridgehead atoms. The van der Waals surface area contributed by atoms with Crippen LogP contribution in [0.1, 0.15) is 51.8 Å². The molecule has 1 aromatic heterocycles. The summed E-state index contributed by atoms with van der Waals surface area (Å²) < 4.78 is 7.73. The Bertz CT molecular complexity index is 912. The number of carbonyl (C=O) groups is 1. The van der Waals surface area contributed by atoms with Crippen LogP contribution in [0.2, 0.25) is 0 Å². The molecule has 1 fully saturated rings. The fraction of sp³-hybridized carbons (Fsp3) is 0.455. The number of aromatic nitrogens is 1. The summed E-state index contributed by atoms with van der Waals surface area (Å²) in [4.78, 5) is 14.3. The number of likely N-dealkylation sites (tertiary alicyclic amines) is 1. The predicted molar refractivity (Wildman–Crippen MR) is 107 cm³/mol. The molecule has 0 saturated carbocycles. The van der Waals surface area contributed by atoms with E-state index < -0.39 is 5.60 Å². The lowest BCUT2D eigenvalue weighted by Crippen LogP contribution is -2.39. The lowest BCUT2D eigenvalue weighted by atomic mass is 10.1. The number of rotatable bonds is 3. The molecule has 1 aromatic carbocycles. The Morgan fingerprint density at radius 2 is 2.15 bits per heavy atom. The number of aryl methyl sites for hydroxylation is 1. The van der Waals surface area contributed by atoms with Gasteiger partial charge < -0.3 is 14.2 Å². The van der Waals surface area contributed by atoms with Crippen LogP contribution in [-0.2, 0) is 11.3 Å². The van der Waals surface area contributed by atoms with E-state index in [-0.39, 0.29) is 12.1 Å². The zero-order chi connectivity index (χ0) is 19.6. The Morgan fingerprint density at radius 1 is 1.37 bits per heavy atom. The van der Waals surface area contributed by atoms with Gasteiger partial charge in [-0.15, -0.1) is 0 Å². The van der Waals surface area contributed by atoms with Crippen molar-refractivity contribution < 1.29 is 9.53 Å². The minimum atomic E-state index is -0.485. The molecular formula is C22H27N3O2. The zero-order valence-electron chi connectivity index (χ0n) is 16.5. The molecule has 142 valence electrons. The quantitative estimate of drug-likeness (QED) is 0.773. The Labute approximate surface area is 160 Å². The first-order chi connectivity index (χ1) is 12.8. The van der Waals surface area contributed by atoms with Crippen LogP contribution in [0.15, 0.2) is 30.3 Å². The minimum absolute atomic E-state index is 0.0536. The first-order valence-electron chi connectivity index (χ1n) is 9.53. The second-order valence-electron chi connectivity index (χ2n) is 7.94. The number of nitriles is 1. The van der Waals surface area contributed by atoms with E-state index >= 15 is 0 Å². The van der Waals surface area contributed by atoms with E-state index in [1.54, 1.807) is 0 Å². The SMILES string of the molecule is CCn1c(C=C[C@@H]2CCCN2C(=O)OC(C)(C)C)cc2ccc(C#N)cc21. The average Bonchev–Trinajstić information content (AvgIpc) is 3.21. The summed E-state index contributed by atoms with van der Waals surface area (Å²) in [6.07, 6.45) is 5.87. The van der Waals surface area contributed by atoms with Crippen LogP contribution in [0.5, 0.6) is 0 Å². The van der Waals surface area contributed by atoms with E-state index in [9.17, 15) is 4.79 Å². The first-order valence-corrected chi connectivity index (χ1v) is 9.53. The van der Waals surface area contributed by atoms with Gasteiger partial charge in [-0.05, 0) is 64.8 Å². The van der Waals surface area contributed by atoms with Crippen molar-refractivity contribution in [2.75, 3.05) is 6.54 Å². The summed E-state index contributed by atoms with van der Waals surface area (Å²) in [6, 6.07) is 10.1. The van der Waals surface area contributed by atoms with Gasteiger partial charge in [0, 0.05) is 29.7 Å². The molecule has 5 heteroatoms. The van der Waals surface area contributed by atoms with Crippen LogP contribution >= 0.6 is 0 Å². The molecule has 5 nitrogen and oxygen atoms in total. The van der Waals surface area contributed by atoms with Gasteiger partial charge in [0.05, 0.1) is 17.7 Å². The van der Waals surface area contributed by atoms with Crippen molar-refractivity contribution in [3.63, 3.8) is 0 Å². The van der Waals surface area contributed by atoms with Crippen molar-refractivity contribution in [2.24, 2.45) is 0 Å². The topological polar surface area (TPSA) is 58.3 Å². The molecule has 1 amide bonds. The van der Waals surface area contributed by atoms with Crippen LogP contribution in [0.25, 0.3) is 17.0 Å². The number of amides is 1. The van der Waals surface area contributed by atoms with E-state index in [2.05, 4.69) is 35.8 Å². The molecule has 3 rings (SSSR count). The van der Waals surface area contributed by atoms with Crippen molar-refractivity contribution in [3.05, 3.63) is 41.6 Å². The van der Waals surface area contributed by atoms with Gasteiger partial charge in [-0.1, -0.05) is 12.1 Å². The normalized spacial score (nSPS) is 17.6. The van der Waals surface area contributed by atoms with E-state index in [1.807, 2.05) is 43.9 Å². The molecular weight excluding hydrogens is 338 g/mol. The van der Waals surface area contributed by atoms with Crippen LogP contribution in [0.3, 0.4) is 0 Å². The number of hydrogen-bond donors (Lipinski definition) is 0. The smallest absolute Gasteiger partial charge is 0.410 e. The van der Waals surface area contributed by atoms with Crippen LogP contribution in [-0.4, -0.2) is 33.7 Å². The van der Waals surface area contributed by atoms with E-state index in [0.29, 0.717) is 5.56 Å². The van der Waals surface area contributed by atoms with Crippen LogP contribution < -0.4 is 0 Å². The molecule has 0 aliphatic carbocycles. The Kier molecular flexibility index (Phi) is 5.27. The van der Waals surface area contributed by atoms with Gasteiger partial charge in [0.15, 0.2) is 0 Å². The Hall–Kier alpha value is -2.74. The van der Waals surface area contributed by atoms with E-state index in [0.717, 1.165) is 42.5 Å². The third-order valence-corrected chi connectivity index (χ3v) is 4.80. The van der Waals surface area contributed by atoms with Gasteiger partial charge in [0.2, 0.25) is 0 Å². The number of fused-ring (bicyclic) bond motifs is 1. The maximum atomic E-state index is 12.5. The summed E-state index contributed by atoms with van der Waals surface area (Å²) >= 11 is 0. The van der Waals surface area contributed by atoms with Gasteiger partial charge >= 0.3 is 6.09 Å². The highest BCUT2D eigenvalue weighted by molar-refractivity contribution is 5.85. The van der Waals surface area contributed by atoms with Crippen LogP contribution in [0, 0.1) is 11.3 Å². The number of hydrogen-bond acceptors (Lipinski definition) is 3. The van der Waals surface area contributed by atoms with Gasteiger partial charge in [-0.3, -0.25) is 0 Å². The van der Waals surface area contributed by atoms with Crippen LogP contribution in [0.4, 0.5) is 4.79 Å². The summed E-state index contributed by atoms with van der Waals surface area (Å²) in [5, 5.41) is 10.3. The van der Waals surface area contributed by atoms with E-state index in [4.69, 9.17) is 10.00 Å². The second-order valence-corrected chi connectivity index (χ2v) is 7.94.